The van der Waals surface area contributed by atoms with E-state index in [0.29, 0.717) is 28.2 Å². The summed E-state index contributed by atoms with van der Waals surface area (Å²) in [6.07, 6.45) is -0.00178. The Bertz CT molecular complexity index is 746. The first-order valence-corrected chi connectivity index (χ1v) is 9.48. The number of halogens is 5. The molecule has 1 aliphatic carbocycles. The number of aliphatic hydroxyl groups excluding tert-OH is 1. The Morgan fingerprint density at radius 1 is 1.07 bits per heavy atom. The van der Waals surface area contributed by atoms with Gasteiger partial charge in [-0.3, -0.25) is 4.98 Å². The first kappa shape index (κ1) is 27.1. The maximum atomic E-state index is 12.0. The average Bonchev–Trinajstić information content (AvgIpc) is 2.66. The van der Waals surface area contributed by atoms with Gasteiger partial charge in [-0.05, 0) is 61.9 Å². The minimum absolute atomic E-state index is 0. The topological polar surface area (TPSA) is 59.4 Å². The zero-order valence-corrected chi connectivity index (χ0v) is 20.5. The number of hydrogen-bond acceptors (Lipinski definition) is 4. The number of aliphatic hydroxyl groups is 1. The second-order valence-electron chi connectivity index (χ2n) is 6.55. The number of aromatic nitrogens is 1. The molecule has 3 rings (SSSR count). The summed E-state index contributed by atoms with van der Waals surface area (Å²) >= 11 is 11.7. The molecule has 0 unspecified atom stereocenters. The number of nitrogens with zero attached hydrogens (tertiary/aromatic N) is 2. The van der Waals surface area contributed by atoms with Gasteiger partial charge in [0.25, 0.3) is 0 Å². The molecule has 2 aromatic rings. The third kappa shape index (κ3) is 9.41. The Morgan fingerprint density at radius 3 is 2.21 bits per heavy atom. The van der Waals surface area contributed by atoms with Crippen molar-refractivity contribution in [1.82, 2.24) is 4.98 Å². The molecule has 0 aliphatic heterocycles. The quantitative estimate of drug-likeness (QED) is 0.548. The number of pyridine rings is 1. The van der Waals surface area contributed by atoms with E-state index in [-0.39, 0.29) is 57.5 Å². The van der Waals surface area contributed by atoms with Crippen molar-refractivity contribution in [2.75, 3.05) is 11.6 Å². The van der Waals surface area contributed by atoms with Gasteiger partial charge in [0.15, 0.2) is 0 Å². The van der Waals surface area contributed by atoms with Gasteiger partial charge in [-0.25, -0.2) is 0 Å². The van der Waals surface area contributed by atoms with Crippen molar-refractivity contribution < 1.29 is 69.7 Å². The van der Waals surface area contributed by atoms with Crippen LogP contribution in [0.4, 0.5) is 18.9 Å². The van der Waals surface area contributed by atoms with Gasteiger partial charge >= 0.3 is 57.6 Å². The van der Waals surface area contributed by atoms with Crippen molar-refractivity contribution in [2.45, 2.75) is 38.0 Å². The Balaban J connectivity index is 0.000000327. The van der Waals surface area contributed by atoms with E-state index in [0.717, 1.165) is 43.0 Å². The average molecular weight is 475 g/mol. The summed E-state index contributed by atoms with van der Waals surface area (Å²) in [7, 11) is 0. The van der Waals surface area contributed by atoms with E-state index in [1.165, 1.54) is 12.1 Å². The van der Waals surface area contributed by atoms with Crippen LogP contribution in [0.25, 0.3) is 0 Å². The number of benzene rings is 1. The predicted molar refractivity (Wildman–Crippen MR) is 104 cm³/mol. The molecule has 1 heterocycles. The molecule has 0 saturated heterocycles. The first-order chi connectivity index (χ1) is 13.2. The Kier molecular flexibility index (Phi) is 12.0. The van der Waals surface area contributed by atoms with Gasteiger partial charge in [-0.2, -0.15) is 13.2 Å². The van der Waals surface area contributed by atoms with E-state index < -0.39 is 11.9 Å². The fourth-order valence-corrected chi connectivity index (χ4v) is 3.13. The fourth-order valence-electron chi connectivity index (χ4n) is 2.84. The van der Waals surface area contributed by atoms with Crippen LogP contribution in [0.2, 0.25) is 10.0 Å². The van der Waals surface area contributed by atoms with E-state index in [1.807, 2.05) is 0 Å². The molecule has 0 bridgehead atoms. The largest absolute Gasteiger partial charge is 1.00 e. The Morgan fingerprint density at radius 2 is 1.72 bits per heavy atom. The van der Waals surface area contributed by atoms with Crippen LogP contribution < -0.4 is 56.4 Å². The number of hydroxylamine groups is 1. The van der Waals surface area contributed by atoms with Crippen molar-refractivity contribution in [1.29, 1.82) is 0 Å². The van der Waals surface area contributed by atoms with Crippen LogP contribution in [0, 0.1) is 11.1 Å². The van der Waals surface area contributed by atoms with Gasteiger partial charge in [-0.1, -0.05) is 29.3 Å². The molecular weight excluding hydrogens is 455 g/mol. The molecule has 1 aromatic carbocycles. The molecule has 4 nitrogen and oxygen atoms in total. The second kappa shape index (κ2) is 12.8. The molecule has 1 aliphatic rings. The molecule has 1 saturated carbocycles. The second-order valence-corrected chi connectivity index (χ2v) is 7.36. The minimum Gasteiger partial charge on any atom is -0.758 e. The van der Waals surface area contributed by atoms with Crippen LogP contribution in [0.1, 0.15) is 31.4 Å². The molecule has 10 heteroatoms. The molecule has 0 atom stereocenters. The summed E-state index contributed by atoms with van der Waals surface area (Å²) < 4.78 is 35.2. The summed E-state index contributed by atoms with van der Waals surface area (Å²) in [5.74, 6) is 0.348. The Labute approximate surface area is 220 Å². The van der Waals surface area contributed by atoms with Gasteiger partial charge in [-0.15, -0.1) is 0 Å². The van der Waals surface area contributed by atoms with Crippen LogP contribution in [0.15, 0.2) is 42.6 Å². The third-order valence-corrected chi connectivity index (χ3v) is 5.13. The summed E-state index contributed by atoms with van der Waals surface area (Å²) in [6, 6.07) is 8.58. The normalized spacial score (nSPS) is 18.9. The summed E-state index contributed by atoms with van der Waals surface area (Å²) in [5.41, 5.74) is -0.314. The van der Waals surface area contributed by atoms with Crippen molar-refractivity contribution in [3.05, 3.63) is 63.5 Å². The van der Waals surface area contributed by atoms with Crippen LogP contribution in [0.3, 0.4) is 0 Å². The maximum absolute atomic E-state index is 12.0. The minimum atomic E-state index is -4.32. The van der Waals surface area contributed by atoms with Crippen LogP contribution >= 0.6 is 23.2 Å². The van der Waals surface area contributed by atoms with Crippen molar-refractivity contribution >= 4 is 28.9 Å². The summed E-state index contributed by atoms with van der Waals surface area (Å²) in [5, 5.41) is 23.2. The number of rotatable bonds is 3. The summed E-state index contributed by atoms with van der Waals surface area (Å²) in [4.78, 5) is 3.12. The van der Waals surface area contributed by atoms with Gasteiger partial charge in [0.05, 0.1) is 16.1 Å². The van der Waals surface area contributed by atoms with Gasteiger partial charge in [0.2, 0.25) is 0 Å². The zero-order valence-electron chi connectivity index (χ0n) is 15.9. The number of anilines is 1. The van der Waals surface area contributed by atoms with Crippen LogP contribution in [-0.4, -0.2) is 22.7 Å². The van der Waals surface area contributed by atoms with Gasteiger partial charge in [0, 0.05) is 18.4 Å². The molecule has 1 aromatic heterocycles. The van der Waals surface area contributed by atoms with E-state index in [4.69, 9.17) is 23.2 Å². The maximum Gasteiger partial charge on any atom is 1.00 e. The van der Waals surface area contributed by atoms with Crippen molar-refractivity contribution in [3.63, 3.8) is 0 Å². The fraction of sp³-hybridized carbons (Fsp3) is 0.421. The smallest absolute Gasteiger partial charge is 0.758 e. The molecule has 0 radical (unpaired) electrons. The van der Waals surface area contributed by atoms with E-state index in [9.17, 15) is 23.5 Å². The van der Waals surface area contributed by atoms with Gasteiger partial charge < -0.3 is 15.4 Å². The number of hydrogen-bond donors (Lipinski definition) is 1. The van der Waals surface area contributed by atoms with Crippen molar-refractivity contribution in [2.24, 2.45) is 5.92 Å². The molecule has 1 N–H and O–H groups in total. The molecule has 29 heavy (non-hydrogen) atoms. The Hall–Kier alpha value is 0.0964. The monoisotopic (exact) mass is 474 g/mol. The van der Waals surface area contributed by atoms with E-state index in [1.54, 1.807) is 18.2 Å². The molecule has 1 fully saturated rings. The molecular formula is C19H20Cl2F3KN2O2. The van der Waals surface area contributed by atoms with E-state index >= 15 is 0 Å². The van der Waals surface area contributed by atoms with E-state index in [2.05, 4.69) is 4.98 Å². The number of alkyl halides is 3. The van der Waals surface area contributed by atoms with Crippen LogP contribution in [-0.2, 0) is 6.18 Å². The third-order valence-electron chi connectivity index (χ3n) is 4.39. The predicted octanol–water partition coefficient (Wildman–Crippen LogP) is 2.95. The molecule has 0 amide bonds. The van der Waals surface area contributed by atoms with Crippen molar-refractivity contribution in [3.8, 4) is 0 Å². The SMILES string of the molecule is FC(F)(F)c1ccccn1.[K+].[O-]N(CC1CCC(O)CC1)c1ccc(Cl)c(Cl)c1. The standard InChI is InChI=1S/C13H16Cl2NO2.C6H4F3N.K/c14-12-6-3-10(7-13(12)15)16(18)8-9-1-4-11(17)5-2-9;7-6(8,9)5-3-1-2-4-10-5;/h3,6-7,9,11,17H,1-2,4-5,8H2;1-4H;/q-1;;+1. The van der Waals surface area contributed by atoms with Gasteiger partial charge in [0.1, 0.15) is 5.69 Å². The summed E-state index contributed by atoms with van der Waals surface area (Å²) in [6.45, 7) is 0.449. The molecule has 154 valence electrons. The molecule has 0 spiro atoms. The van der Waals surface area contributed by atoms with Crippen LogP contribution in [0.5, 0.6) is 0 Å². The zero-order chi connectivity index (χ0) is 20.7. The first-order valence-electron chi connectivity index (χ1n) is 8.73.